The summed E-state index contributed by atoms with van der Waals surface area (Å²) in [5, 5.41) is 17.9. The maximum Gasteiger partial charge on any atom is 0.327 e. The quantitative estimate of drug-likeness (QED) is 0.444. The molecule has 0 saturated heterocycles. The van der Waals surface area contributed by atoms with Crippen LogP contribution in [0.1, 0.15) is 37.7 Å². The first-order valence-corrected chi connectivity index (χ1v) is 8.30. The van der Waals surface area contributed by atoms with Crippen LogP contribution in [0.4, 0.5) is 5.69 Å². The molecule has 1 aromatic carbocycles. The van der Waals surface area contributed by atoms with Gasteiger partial charge in [-0.05, 0) is 31.9 Å². The Bertz CT molecular complexity index is 560. The predicted molar refractivity (Wildman–Crippen MR) is 86.6 cm³/mol. The number of carboxylic acids is 2. The number of hydrogen-bond acceptors (Lipinski definition) is 3. The van der Waals surface area contributed by atoms with Crippen molar-refractivity contribution >= 4 is 28.9 Å². The number of nitrogens with zero attached hydrogens (tertiary/aromatic N) is 1. The number of aliphatic carboxylic acids is 2. The van der Waals surface area contributed by atoms with Crippen molar-refractivity contribution in [3.63, 3.8) is 0 Å². The van der Waals surface area contributed by atoms with Crippen molar-refractivity contribution in [2.45, 2.75) is 45.1 Å². The molecule has 0 aliphatic carbocycles. The fourth-order valence-corrected chi connectivity index (χ4v) is 2.92. The normalized spacial score (nSPS) is 13.3. The zero-order valence-electron chi connectivity index (χ0n) is 12.8. The van der Waals surface area contributed by atoms with Crippen molar-refractivity contribution in [1.82, 2.24) is 0 Å². The van der Waals surface area contributed by atoms with E-state index in [9.17, 15) is 23.5 Å². The summed E-state index contributed by atoms with van der Waals surface area (Å²) in [5.74, 6) is -2.08. The fourth-order valence-electron chi connectivity index (χ4n) is 2.20. The van der Waals surface area contributed by atoms with Gasteiger partial charge in [0.15, 0.2) is 0 Å². The van der Waals surface area contributed by atoms with Crippen LogP contribution in [0.5, 0.6) is 0 Å². The summed E-state index contributed by atoms with van der Waals surface area (Å²) in [6, 6.07) is 5.53. The molecule has 0 amide bonds. The highest BCUT2D eigenvalue weighted by molar-refractivity contribution is 7.80. The van der Waals surface area contributed by atoms with E-state index in [1.165, 1.54) is 0 Å². The summed E-state index contributed by atoms with van der Waals surface area (Å²) in [5.41, 5.74) is 1.31. The molecule has 0 aliphatic heterocycles. The van der Waals surface area contributed by atoms with Crippen LogP contribution >= 0.6 is 0 Å². The third-order valence-corrected chi connectivity index (χ3v) is 4.19. The lowest BCUT2D eigenvalue weighted by Crippen LogP contribution is -2.42. The summed E-state index contributed by atoms with van der Waals surface area (Å²) in [6.45, 7) is 1.86. The largest absolute Gasteiger partial charge is 0.481 e. The molecule has 23 heavy (non-hydrogen) atoms. The first-order chi connectivity index (χ1) is 10.8. The van der Waals surface area contributed by atoms with Crippen LogP contribution in [0.3, 0.4) is 0 Å². The molecule has 0 saturated carbocycles. The fraction of sp³-hybridized carbons (Fsp3) is 0.467. The number of unbranched alkanes of at least 4 members (excludes halogenated alkanes) is 2. The van der Waals surface area contributed by atoms with Crippen molar-refractivity contribution in [2.24, 2.45) is 0 Å². The Morgan fingerprint density at radius 2 is 1.74 bits per heavy atom. The molecular weight excluding hydrogens is 322 g/mol. The molecule has 2 atom stereocenters. The summed E-state index contributed by atoms with van der Waals surface area (Å²) in [6.07, 6.45) is 1.66. The van der Waals surface area contributed by atoms with E-state index in [-0.39, 0.29) is 12.8 Å². The van der Waals surface area contributed by atoms with Crippen LogP contribution in [0.25, 0.3) is 0 Å². The van der Waals surface area contributed by atoms with Gasteiger partial charge in [-0.1, -0.05) is 30.5 Å². The smallest absolute Gasteiger partial charge is 0.327 e. The number of benzene rings is 1. The molecule has 0 fully saturated rings. The number of anilines is 1. The van der Waals surface area contributed by atoms with Gasteiger partial charge in [-0.15, -0.1) is 0 Å². The monoisotopic (exact) mass is 343 g/mol. The van der Waals surface area contributed by atoms with E-state index in [0.717, 1.165) is 9.87 Å². The third kappa shape index (κ3) is 6.37. The Kier molecular flexibility index (Phi) is 7.70. The second-order valence-corrected chi connectivity index (χ2v) is 6.09. The molecule has 1 aromatic rings. The van der Waals surface area contributed by atoms with E-state index in [4.69, 9.17) is 5.11 Å². The van der Waals surface area contributed by atoms with Gasteiger partial charge in [-0.25, -0.2) is 9.00 Å². The van der Waals surface area contributed by atoms with Crippen molar-refractivity contribution in [1.29, 1.82) is 0 Å². The zero-order chi connectivity index (χ0) is 17.4. The minimum Gasteiger partial charge on any atom is -0.481 e. The minimum absolute atomic E-state index is 0.0331. The standard InChI is InChI=1S/C15H21NO6S/c1-11-7-9-12(10-8-11)16(23(21)22)13(15(19)20)5-3-2-4-6-14(17)18/h7-10,13H,2-6H2,1H3,(H,17,18)(H,19,20)(H,21,22). The molecule has 0 aliphatic rings. The number of hydrogen-bond donors (Lipinski definition) is 3. The zero-order valence-corrected chi connectivity index (χ0v) is 13.7. The molecule has 0 heterocycles. The Morgan fingerprint density at radius 1 is 1.13 bits per heavy atom. The van der Waals surface area contributed by atoms with E-state index in [1.807, 2.05) is 6.92 Å². The van der Waals surface area contributed by atoms with Crippen molar-refractivity contribution in [2.75, 3.05) is 4.31 Å². The maximum absolute atomic E-state index is 11.6. The molecule has 128 valence electrons. The topological polar surface area (TPSA) is 115 Å². The summed E-state index contributed by atoms with van der Waals surface area (Å²) in [4.78, 5) is 21.9. The van der Waals surface area contributed by atoms with Crippen LogP contribution in [0.2, 0.25) is 0 Å². The van der Waals surface area contributed by atoms with E-state index < -0.39 is 29.2 Å². The minimum atomic E-state index is -2.47. The first kappa shape index (κ1) is 19.1. The molecule has 8 heteroatoms. The van der Waals surface area contributed by atoms with Crippen molar-refractivity contribution in [3.8, 4) is 0 Å². The molecule has 7 nitrogen and oxygen atoms in total. The van der Waals surface area contributed by atoms with Crippen LogP contribution in [-0.4, -0.2) is 37.0 Å². The summed E-state index contributed by atoms with van der Waals surface area (Å²) >= 11 is -2.47. The van der Waals surface area contributed by atoms with Gasteiger partial charge in [0.25, 0.3) is 11.3 Å². The summed E-state index contributed by atoms with van der Waals surface area (Å²) < 4.78 is 22.0. The Morgan fingerprint density at radius 3 is 2.22 bits per heavy atom. The van der Waals surface area contributed by atoms with E-state index in [0.29, 0.717) is 24.9 Å². The van der Waals surface area contributed by atoms with Gasteiger partial charge >= 0.3 is 11.9 Å². The molecule has 1 rings (SSSR count). The highest BCUT2D eigenvalue weighted by Crippen LogP contribution is 2.22. The Hall–Kier alpha value is -1.93. The highest BCUT2D eigenvalue weighted by Gasteiger charge is 2.29. The van der Waals surface area contributed by atoms with E-state index in [2.05, 4.69) is 0 Å². The van der Waals surface area contributed by atoms with Crippen LogP contribution in [-0.2, 0) is 20.9 Å². The second kappa shape index (κ2) is 9.26. The first-order valence-electron chi connectivity index (χ1n) is 7.24. The summed E-state index contributed by atoms with van der Waals surface area (Å²) in [7, 11) is 0. The maximum atomic E-state index is 11.6. The lowest BCUT2D eigenvalue weighted by molar-refractivity contribution is -0.139. The number of rotatable bonds is 10. The Balaban J connectivity index is 2.78. The van der Waals surface area contributed by atoms with E-state index in [1.54, 1.807) is 24.3 Å². The Labute approximate surface area is 137 Å². The average Bonchev–Trinajstić information content (AvgIpc) is 2.46. The van der Waals surface area contributed by atoms with Gasteiger partial charge in [0.05, 0.1) is 5.69 Å². The second-order valence-electron chi connectivity index (χ2n) is 5.24. The van der Waals surface area contributed by atoms with Crippen LogP contribution < -0.4 is 4.31 Å². The van der Waals surface area contributed by atoms with Gasteiger partial charge in [0.1, 0.15) is 6.04 Å². The average molecular weight is 343 g/mol. The van der Waals surface area contributed by atoms with Crippen molar-refractivity contribution in [3.05, 3.63) is 29.8 Å². The number of carbonyl (C=O) groups is 2. The molecule has 0 spiro atoms. The lowest BCUT2D eigenvalue weighted by Gasteiger charge is -2.27. The van der Waals surface area contributed by atoms with Crippen molar-refractivity contribution < 1.29 is 28.6 Å². The molecule has 2 unspecified atom stereocenters. The van der Waals surface area contributed by atoms with Crippen LogP contribution in [0, 0.1) is 6.92 Å². The van der Waals surface area contributed by atoms with Gasteiger partial charge in [0, 0.05) is 6.42 Å². The number of aryl methyl sites for hydroxylation is 1. The van der Waals surface area contributed by atoms with Gasteiger partial charge < -0.3 is 10.2 Å². The van der Waals surface area contributed by atoms with Gasteiger partial charge in [-0.2, -0.15) is 0 Å². The molecular formula is C15H21NO6S. The lowest BCUT2D eigenvalue weighted by atomic mass is 10.1. The molecule has 0 radical (unpaired) electrons. The van der Waals surface area contributed by atoms with E-state index >= 15 is 0 Å². The molecule has 0 bridgehead atoms. The predicted octanol–water partition coefficient (Wildman–Crippen LogP) is 2.43. The molecule has 3 N–H and O–H groups in total. The van der Waals surface area contributed by atoms with Crippen LogP contribution in [0.15, 0.2) is 24.3 Å². The van der Waals surface area contributed by atoms with Gasteiger partial charge in [-0.3, -0.25) is 13.7 Å². The highest BCUT2D eigenvalue weighted by atomic mass is 32.2. The third-order valence-electron chi connectivity index (χ3n) is 3.39. The number of carboxylic acid groups (broad SMARTS) is 2. The molecule has 0 aromatic heterocycles. The SMILES string of the molecule is Cc1ccc(N(C(CCCCCC(=O)O)C(=O)O)S(=O)O)cc1. The van der Waals surface area contributed by atoms with Gasteiger partial charge in [0.2, 0.25) is 0 Å².